The number of morpholine rings is 1. The van der Waals surface area contributed by atoms with Crippen molar-refractivity contribution in [1.29, 1.82) is 0 Å². The van der Waals surface area contributed by atoms with Crippen LogP contribution < -0.4 is 10.2 Å². The van der Waals surface area contributed by atoms with Gasteiger partial charge < -0.3 is 9.47 Å². The first-order valence-electron chi connectivity index (χ1n) is 6.21. The molecule has 1 fully saturated rings. The fraction of sp³-hybridized carbons (Fsp3) is 0.538. The van der Waals surface area contributed by atoms with Crippen molar-refractivity contribution in [2.24, 2.45) is 0 Å². The van der Waals surface area contributed by atoms with E-state index in [0.29, 0.717) is 6.61 Å². The summed E-state index contributed by atoms with van der Waals surface area (Å²) in [5.74, 6) is 0.781. The third kappa shape index (κ3) is 3.87. The molecule has 2 rings (SSSR count). The fourth-order valence-corrected chi connectivity index (χ4v) is 1.86. The van der Waals surface area contributed by atoms with Gasteiger partial charge in [0.2, 0.25) is 0 Å². The summed E-state index contributed by atoms with van der Waals surface area (Å²) in [6.07, 6.45) is 0. The van der Waals surface area contributed by atoms with Crippen molar-refractivity contribution in [3.8, 4) is 5.75 Å². The van der Waals surface area contributed by atoms with E-state index in [1.54, 1.807) is 7.11 Å². The van der Waals surface area contributed by atoms with Crippen LogP contribution in [0.5, 0.6) is 5.75 Å². The van der Waals surface area contributed by atoms with E-state index in [0.717, 1.165) is 44.3 Å². The van der Waals surface area contributed by atoms with Crippen LogP contribution in [0, 0.1) is 0 Å². The average molecular weight is 252 g/mol. The molecule has 0 bridgehead atoms. The van der Waals surface area contributed by atoms with Gasteiger partial charge in [0.1, 0.15) is 11.4 Å². The number of rotatable bonds is 6. The molecule has 1 aromatic carbocycles. The number of para-hydroxylation sites is 2. The van der Waals surface area contributed by atoms with Gasteiger partial charge in [-0.3, -0.25) is 15.2 Å². The smallest absolute Gasteiger partial charge is 0.144 e. The molecule has 0 saturated carbocycles. The van der Waals surface area contributed by atoms with Gasteiger partial charge in [0, 0.05) is 19.6 Å². The minimum absolute atomic E-state index is 0.637. The minimum atomic E-state index is 0.637. The molecule has 0 aliphatic carbocycles. The van der Waals surface area contributed by atoms with Gasteiger partial charge in [0.05, 0.1) is 26.9 Å². The van der Waals surface area contributed by atoms with E-state index in [-0.39, 0.29) is 0 Å². The van der Waals surface area contributed by atoms with Crippen LogP contribution in [0.1, 0.15) is 0 Å². The van der Waals surface area contributed by atoms with E-state index in [1.165, 1.54) is 0 Å². The number of hydrogen-bond donors (Lipinski definition) is 1. The first-order chi connectivity index (χ1) is 8.90. The Hall–Kier alpha value is -1.30. The molecule has 0 aromatic heterocycles. The lowest BCUT2D eigenvalue weighted by atomic mass is 10.3. The molecule has 0 spiro atoms. The van der Waals surface area contributed by atoms with Crippen LogP contribution >= 0.6 is 0 Å². The molecule has 100 valence electrons. The Bertz CT molecular complexity index is 354. The molecule has 0 atom stereocenters. The number of anilines is 1. The molecule has 1 N–H and O–H groups in total. The summed E-state index contributed by atoms with van der Waals surface area (Å²) < 4.78 is 10.5. The van der Waals surface area contributed by atoms with Gasteiger partial charge in [-0.15, -0.1) is 0 Å². The van der Waals surface area contributed by atoms with E-state index >= 15 is 0 Å². The Morgan fingerprint density at radius 3 is 2.83 bits per heavy atom. The maximum atomic E-state index is 5.45. The zero-order chi connectivity index (χ0) is 12.6. The first kappa shape index (κ1) is 13.1. The molecule has 1 heterocycles. The van der Waals surface area contributed by atoms with Crippen molar-refractivity contribution in [2.75, 3.05) is 52.0 Å². The highest BCUT2D eigenvalue weighted by molar-refractivity contribution is 5.54. The number of benzene rings is 1. The zero-order valence-corrected chi connectivity index (χ0v) is 10.7. The minimum Gasteiger partial charge on any atom is -0.495 e. The number of nitrogens with one attached hydrogen (secondary N) is 1. The maximum Gasteiger partial charge on any atom is 0.144 e. The summed E-state index contributed by atoms with van der Waals surface area (Å²) in [4.78, 5) is 7.78. The number of methoxy groups -OCH3 is 1. The van der Waals surface area contributed by atoms with Crippen LogP contribution in [0.4, 0.5) is 5.69 Å². The van der Waals surface area contributed by atoms with Gasteiger partial charge in [-0.25, -0.2) is 0 Å². The zero-order valence-electron chi connectivity index (χ0n) is 10.7. The van der Waals surface area contributed by atoms with Crippen molar-refractivity contribution in [3.63, 3.8) is 0 Å². The second kappa shape index (κ2) is 7.20. The van der Waals surface area contributed by atoms with Crippen molar-refractivity contribution in [2.45, 2.75) is 0 Å². The van der Waals surface area contributed by atoms with Gasteiger partial charge in [-0.2, -0.15) is 0 Å². The molecule has 5 nitrogen and oxygen atoms in total. The molecule has 18 heavy (non-hydrogen) atoms. The van der Waals surface area contributed by atoms with Crippen LogP contribution in [-0.2, 0) is 9.57 Å². The molecule has 0 unspecified atom stereocenters. The van der Waals surface area contributed by atoms with Gasteiger partial charge >= 0.3 is 0 Å². The lowest BCUT2D eigenvalue weighted by Crippen LogP contribution is -2.38. The van der Waals surface area contributed by atoms with Crippen molar-refractivity contribution in [3.05, 3.63) is 24.3 Å². The molecule has 1 saturated heterocycles. The Balaban J connectivity index is 1.68. The van der Waals surface area contributed by atoms with Crippen LogP contribution in [-0.4, -0.2) is 51.5 Å². The lowest BCUT2D eigenvalue weighted by Gasteiger charge is -2.26. The third-order valence-electron chi connectivity index (χ3n) is 2.90. The highest BCUT2D eigenvalue weighted by Crippen LogP contribution is 2.22. The molecule has 0 amide bonds. The van der Waals surface area contributed by atoms with Crippen LogP contribution in [0.25, 0.3) is 0 Å². The monoisotopic (exact) mass is 252 g/mol. The molecular weight excluding hydrogens is 232 g/mol. The highest BCUT2D eigenvalue weighted by atomic mass is 16.6. The summed E-state index contributed by atoms with van der Waals surface area (Å²) in [7, 11) is 1.65. The predicted molar refractivity (Wildman–Crippen MR) is 69.8 cm³/mol. The Labute approximate surface area is 108 Å². The summed E-state index contributed by atoms with van der Waals surface area (Å²) in [6.45, 7) is 5.15. The van der Waals surface area contributed by atoms with Gasteiger partial charge in [-0.1, -0.05) is 12.1 Å². The number of ether oxygens (including phenoxy) is 2. The normalized spacial score (nSPS) is 16.5. The molecule has 1 aromatic rings. The van der Waals surface area contributed by atoms with Crippen molar-refractivity contribution in [1.82, 2.24) is 4.90 Å². The highest BCUT2D eigenvalue weighted by Gasteiger charge is 2.09. The quantitative estimate of drug-likeness (QED) is 0.612. The molecule has 0 radical (unpaired) electrons. The largest absolute Gasteiger partial charge is 0.495 e. The van der Waals surface area contributed by atoms with Crippen molar-refractivity contribution < 1.29 is 14.3 Å². The number of hydrogen-bond acceptors (Lipinski definition) is 5. The van der Waals surface area contributed by atoms with Crippen molar-refractivity contribution >= 4 is 5.69 Å². The molecule has 5 heteroatoms. The van der Waals surface area contributed by atoms with Gasteiger partial charge in [0.15, 0.2) is 0 Å². The Kier molecular flexibility index (Phi) is 5.26. The fourth-order valence-electron chi connectivity index (χ4n) is 1.86. The molecular formula is C13H20N2O3. The lowest BCUT2D eigenvalue weighted by molar-refractivity contribution is 0.0260. The maximum absolute atomic E-state index is 5.45. The number of nitrogens with zero attached hydrogens (tertiary/aromatic N) is 1. The first-order valence-corrected chi connectivity index (χ1v) is 6.21. The van der Waals surface area contributed by atoms with Crippen LogP contribution in [0.15, 0.2) is 24.3 Å². The Morgan fingerprint density at radius 1 is 1.28 bits per heavy atom. The molecule has 1 aliphatic rings. The van der Waals surface area contributed by atoms with E-state index in [9.17, 15) is 0 Å². The predicted octanol–water partition coefficient (Wildman–Crippen LogP) is 1.37. The topological polar surface area (TPSA) is 43.0 Å². The van der Waals surface area contributed by atoms with Crippen LogP contribution in [0.2, 0.25) is 0 Å². The van der Waals surface area contributed by atoms with E-state index < -0.39 is 0 Å². The van der Waals surface area contributed by atoms with Gasteiger partial charge in [0.25, 0.3) is 0 Å². The summed E-state index contributed by atoms with van der Waals surface area (Å²) in [6, 6.07) is 7.69. The van der Waals surface area contributed by atoms with Crippen LogP contribution in [0.3, 0.4) is 0 Å². The van der Waals surface area contributed by atoms with E-state index in [4.69, 9.17) is 14.3 Å². The SMILES string of the molecule is COc1ccccc1NOCCN1CCOCC1. The summed E-state index contributed by atoms with van der Waals surface area (Å²) in [5.41, 5.74) is 3.77. The summed E-state index contributed by atoms with van der Waals surface area (Å²) in [5, 5.41) is 0. The average Bonchev–Trinajstić information content (AvgIpc) is 2.45. The van der Waals surface area contributed by atoms with E-state index in [2.05, 4.69) is 10.4 Å². The van der Waals surface area contributed by atoms with E-state index in [1.807, 2.05) is 24.3 Å². The second-order valence-electron chi connectivity index (χ2n) is 4.10. The third-order valence-corrected chi connectivity index (χ3v) is 2.90. The Morgan fingerprint density at radius 2 is 2.06 bits per heavy atom. The standard InChI is InChI=1S/C13H20N2O3/c1-16-13-5-3-2-4-12(13)14-18-11-8-15-6-9-17-10-7-15/h2-5,14H,6-11H2,1H3. The molecule has 1 aliphatic heterocycles. The summed E-state index contributed by atoms with van der Waals surface area (Å²) >= 11 is 0. The van der Waals surface area contributed by atoms with Gasteiger partial charge in [-0.05, 0) is 12.1 Å². The second-order valence-corrected chi connectivity index (χ2v) is 4.10.